The summed E-state index contributed by atoms with van der Waals surface area (Å²) >= 11 is 1.63. The lowest BCUT2D eigenvalue weighted by atomic mass is 10.1. The minimum atomic E-state index is 0.286. The summed E-state index contributed by atoms with van der Waals surface area (Å²) in [6.07, 6.45) is 5.33. The molecule has 2 aromatic carbocycles. The van der Waals surface area contributed by atoms with E-state index in [-0.39, 0.29) is 5.75 Å². The van der Waals surface area contributed by atoms with Gasteiger partial charge in [0.25, 0.3) is 0 Å². The number of nitrogens with zero attached hydrogens (tertiary/aromatic N) is 1. The van der Waals surface area contributed by atoms with Gasteiger partial charge in [-0.15, -0.1) is 11.3 Å². The molecule has 0 atom stereocenters. The zero-order chi connectivity index (χ0) is 12.8. The summed E-state index contributed by atoms with van der Waals surface area (Å²) in [6.45, 7) is 0. The van der Waals surface area contributed by atoms with Crippen molar-refractivity contribution in [3.63, 3.8) is 0 Å². The number of benzene rings is 2. The predicted octanol–water partition coefficient (Wildman–Crippen LogP) is 4.24. The number of fused-ring (bicyclic) bond motifs is 2. The highest BCUT2D eigenvalue weighted by Crippen LogP contribution is 2.36. The van der Waals surface area contributed by atoms with Gasteiger partial charge < -0.3 is 5.11 Å². The summed E-state index contributed by atoms with van der Waals surface area (Å²) in [5.41, 5.74) is 4.45. The van der Waals surface area contributed by atoms with Gasteiger partial charge in [0.1, 0.15) is 10.8 Å². The van der Waals surface area contributed by atoms with Crippen LogP contribution in [-0.2, 0) is 6.42 Å². The van der Waals surface area contributed by atoms with Crippen LogP contribution in [-0.4, -0.2) is 10.1 Å². The Hall–Kier alpha value is -2.13. The van der Waals surface area contributed by atoms with Crippen LogP contribution < -0.4 is 0 Å². The highest BCUT2D eigenvalue weighted by molar-refractivity contribution is 7.21. The predicted molar refractivity (Wildman–Crippen MR) is 79.5 cm³/mol. The molecule has 1 heterocycles. The molecule has 0 amide bonds. The monoisotopic (exact) mass is 265 g/mol. The van der Waals surface area contributed by atoms with Gasteiger partial charge >= 0.3 is 0 Å². The van der Waals surface area contributed by atoms with Crippen molar-refractivity contribution in [3.05, 3.63) is 53.6 Å². The Kier molecular flexibility index (Phi) is 2.23. The maximum absolute atomic E-state index is 9.91. The molecule has 0 bridgehead atoms. The second-order valence-electron chi connectivity index (χ2n) is 4.66. The largest absolute Gasteiger partial charge is 0.507 e. The molecule has 0 aliphatic heterocycles. The van der Waals surface area contributed by atoms with Crippen molar-refractivity contribution >= 4 is 27.6 Å². The number of rotatable bonds is 1. The summed E-state index contributed by atoms with van der Waals surface area (Å²) < 4.78 is 1.17. The lowest BCUT2D eigenvalue weighted by Crippen LogP contribution is -1.81. The molecule has 1 aromatic heterocycles. The standard InChI is InChI=1S/C16H11NOS/c18-14-7-2-1-6-12(14)16-17-13-8-10-4-3-5-11(10)9-15(13)19-16/h1-3,5-9,18H,4H2. The highest BCUT2D eigenvalue weighted by atomic mass is 32.1. The molecule has 0 saturated carbocycles. The number of aromatic hydroxyl groups is 1. The number of thiazole rings is 1. The summed E-state index contributed by atoms with van der Waals surface area (Å²) in [5.74, 6) is 0.286. The third-order valence-electron chi connectivity index (χ3n) is 3.42. The van der Waals surface area contributed by atoms with Gasteiger partial charge in [0, 0.05) is 0 Å². The number of hydrogen-bond donors (Lipinski definition) is 1. The summed E-state index contributed by atoms with van der Waals surface area (Å²) in [5, 5.41) is 10.8. The lowest BCUT2D eigenvalue weighted by molar-refractivity contribution is 0.477. The smallest absolute Gasteiger partial charge is 0.128 e. The van der Waals surface area contributed by atoms with E-state index >= 15 is 0 Å². The molecule has 1 aliphatic rings. The lowest BCUT2D eigenvalue weighted by Gasteiger charge is -1.98. The Morgan fingerprint density at radius 1 is 1.16 bits per heavy atom. The molecule has 3 heteroatoms. The van der Waals surface area contributed by atoms with E-state index < -0.39 is 0 Å². The first kappa shape index (κ1) is 10.8. The number of phenolic OH excluding ortho intramolecular Hbond substituents is 1. The number of phenols is 1. The molecule has 0 saturated heterocycles. The van der Waals surface area contributed by atoms with E-state index in [1.807, 2.05) is 18.2 Å². The highest BCUT2D eigenvalue weighted by Gasteiger charge is 2.13. The van der Waals surface area contributed by atoms with Gasteiger partial charge in [0.05, 0.1) is 15.8 Å². The summed E-state index contributed by atoms with van der Waals surface area (Å²) in [7, 11) is 0. The van der Waals surface area contributed by atoms with E-state index in [9.17, 15) is 5.11 Å². The van der Waals surface area contributed by atoms with Gasteiger partial charge in [-0.1, -0.05) is 24.3 Å². The Balaban J connectivity index is 1.93. The van der Waals surface area contributed by atoms with Gasteiger partial charge in [-0.3, -0.25) is 0 Å². The Morgan fingerprint density at radius 2 is 2.05 bits per heavy atom. The summed E-state index contributed by atoms with van der Waals surface area (Å²) in [4.78, 5) is 4.65. The topological polar surface area (TPSA) is 33.1 Å². The average Bonchev–Trinajstić information content (AvgIpc) is 3.01. The first-order chi connectivity index (χ1) is 9.31. The van der Waals surface area contributed by atoms with Crippen molar-refractivity contribution in [2.75, 3.05) is 0 Å². The molecule has 0 spiro atoms. The Bertz CT molecular complexity index is 817. The molecule has 3 aromatic rings. The molecule has 0 unspecified atom stereocenters. The second-order valence-corrected chi connectivity index (χ2v) is 5.69. The number of aromatic nitrogens is 1. The molecule has 92 valence electrons. The van der Waals surface area contributed by atoms with Gasteiger partial charge in [0.15, 0.2) is 0 Å². The maximum Gasteiger partial charge on any atom is 0.128 e. The van der Waals surface area contributed by atoms with E-state index in [1.54, 1.807) is 17.4 Å². The van der Waals surface area contributed by atoms with Crippen molar-refractivity contribution in [2.24, 2.45) is 0 Å². The van der Waals surface area contributed by atoms with Crippen molar-refractivity contribution in [1.29, 1.82) is 0 Å². The molecular weight excluding hydrogens is 254 g/mol. The third kappa shape index (κ3) is 1.66. The van der Waals surface area contributed by atoms with Gasteiger partial charge in [0.2, 0.25) is 0 Å². The van der Waals surface area contributed by atoms with Gasteiger partial charge in [-0.25, -0.2) is 4.98 Å². The normalized spacial score (nSPS) is 13.1. The van der Waals surface area contributed by atoms with Crippen LogP contribution >= 0.6 is 11.3 Å². The third-order valence-corrected chi connectivity index (χ3v) is 4.47. The van der Waals surface area contributed by atoms with Crippen molar-refractivity contribution in [1.82, 2.24) is 4.98 Å². The van der Waals surface area contributed by atoms with Crippen LogP contribution in [0.2, 0.25) is 0 Å². The van der Waals surface area contributed by atoms with Crippen LogP contribution in [0.25, 0.3) is 26.9 Å². The minimum absolute atomic E-state index is 0.286. The van der Waals surface area contributed by atoms with Gasteiger partial charge in [-0.05, 0) is 41.8 Å². The van der Waals surface area contributed by atoms with Crippen LogP contribution in [0.5, 0.6) is 5.75 Å². The van der Waals surface area contributed by atoms with Crippen LogP contribution in [0, 0.1) is 0 Å². The van der Waals surface area contributed by atoms with Crippen LogP contribution in [0.4, 0.5) is 0 Å². The van der Waals surface area contributed by atoms with Crippen LogP contribution in [0.1, 0.15) is 11.1 Å². The molecule has 4 rings (SSSR count). The van der Waals surface area contributed by atoms with Crippen molar-refractivity contribution in [2.45, 2.75) is 6.42 Å². The van der Waals surface area contributed by atoms with Crippen molar-refractivity contribution < 1.29 is 5.11 Å². The average molecular weight is 265 g/mol. The fraction of sp³-hybridized carbons (Fsp3) is 0.0625. The Labute approximate surface area is 114 Å². The van der Waals surface area contributed by atoms with Gasteiger partial charge in [-0.2, -0.15) is 0 Å². The number of hydrogen-bond acceptors (Lipinski definition) is 3. The fourth-order valence-corrected chi connectivity index (χ4v) is 3.48. The first-order valence-corrected chi connectivity index (χ1v) is 7.01. The number of para-hydroxylation sites is 1. The zero-order valence-electron chi connectivity index (χ0n) is 10.1. The molecule has 0 radical (unpaired) electrons. The summed E-state index contributed by atoms with van der Waals surface area (Å²) in [6, 6.07) is 11.7. The van der Waals surface area contributed by atoms with E-state index in [0.29, 0.717) is 0 Å². The second kappa shape index (κ2) is 3.93. The quantitative estimate of drug-likeness (QED) is 0.714. The molecule has 1 N–H and O–H groups in total. The van der Waals surface area contributed by atoms with Crippen LogP contribution in [0.15, 0.2) is 42.5 Å². The Morgan fingerprint density at radius 3 is 2.95 bits per heavy atom. The van der Waals surface area contributed by atoms with E-state index in [2.05, 4.69) is 29.3 Å². The molecule has 0 fully saturated rings. The van der Waals surface area contributed by atoms with Crippen LogP contribution in [0.3, 0.4) is 0 Å². The van der Waals surface area contributed by atoms with E-state index in [4.69, 9.17) is 0 Å². The molecule has 1 aliphatic carbocycles. The number of allylic oxidation sites excluding steroid dienone is 1. The molecule has 19 heavy (non-hydrogen) atoms. The zero-order valence-corrected chi connectivity index (χ0v) is 10.9. The fourth-order valence-electron chi connectivity index (χ4n) is 2.45. The van der Waals surface area contributed by atoms with E-state index in [1.165, 1.54) is 15.8 Å². The van der Waals surface area contributed by atoms with E-state index in [0.717, 1.165) is 22.5 Å². The minimum Gasteiger partial charge on any atom is -0.507 e. The first-order valence-electron chi connectivity index (χ1n) is 6.19. The SMILES string of the molecule is Oc1ccccc1-c1nc2cc3c(cc2s1)C=CC3. The van der Waals surface area contributed by atoms with Crippen molar-refractivity contribution in [3.8, 4) is 16.3 Å². The maximum atomic E-state index is 9.91. The molecular formula is C16H11NOS. The molecule has 2 nitrogen and oxygen atoms in total.